The summed E-state index contributed by atoms with van der Waals surface area (Å²) < 4.78 is 5.56. The lowest BCUT2D eigenvalue weighted by molar-refractivity contribution is -0.128. The Bertz CT molecular complexity index is 405. The predicted molar refractivity (Wildman–Crippen MR) is 63.9 cm³/mol. The lowest BCUT2D eigenvalue weighted by atomic mass is 10.2. The molecular weight excluding hydrogens is 218 g/mol. The minimum Gasteiger partial charge on any atom is -0.492 e. The molecule has 1 aliphatic heterocycles. The molecule has 4 nitrogen and oxygen atoms in total. The second-order valence-corrected chi connectivity index (χ2v) is 4.36. The van der Waals surface area contributed by atoms with Crippen LogP contribution in [0.1, 0.15) is 12.0 Å². The van der Waals surface area contributed by atoms with Gasteiger partial charge in [0.2, 0.25) is 5.91 Å². The lowest BCUT2D eigenvalue weighted by Gasteiger charge is -2.16. The van der Waals surface area contributed by atoms with Crippen LogP contribution in [0.4, 0.5) is 0 Å². The van der Waals surface area contributed by atoms with Gasteiger partial charge in [0.05, 0.1) is 19.1 Å². The molecule has 1 fully saturated rings. The molecule has 0 radical (unpaired) electrons. The second-order valence-electron chi connectivity index (χ2n) is 4.36. The van der Waals surface area contributed by atoms with Crippen molar-refractivity contribution < 1.29 is 14.6 Å². The molecule has 2 rings (SSSR count). The number of ether oxygens (including phenoxy) is 1. The monoisotopic (exact) mass is 235 g/mol. The van der Waals surface area contributed by atoms with Gasteiger partial charge in [0, 0.05) is 6.54 Å². The van der Waals surface area contributed by atoms with E-state index in [1.807, 2.05) is 31.2 Å². The third-order valence-corrected chi connectivity index (χ3v) is 2.81. The molecule has 92 valence electrons. The Balaban J connectivity index is 1.78. The number of aliphatic hydroxyl groups excluding tert-OH is 1. The smallest absolute Gasteiger partial charge is 0.225 e. The first kappa shape index (κ1) is 11.9. The molecule has 0 aliphatic carbocycles. The van der Waals surface area contributed by atoms with Gasteiger partial charge in [0.25, 0.3) is 0 Å². The molecule has 0 saturated carbocycles. The van der Waals surface area contributed by atoms with Gasteiger partial charge in [0.1, 0.15) is 12.4 Å². The Hall–Kier alpha value is -1.55. The molecule has 4 heteroatoms. The molecule has 0 bridgehead atoms. The van der Waals surface area contributed by atoms with Crippen LogP contribution in [-0.4, -0.2) is 41.7 Å². The van der Waals surface area contributed by atoms with Crippen molar-refractivity contribution in [2.24, 2.45) is 0 Å². The summed E-state index contributed by atoms with van der Waals surface area (Å²) >= 11 is 0. The maximum atomic E-state index is 11.4. The molecule has 1 saturated heterocycles. The Labute approximate surface area is 101 Å². The van der Waals surface area contributed by atoms with E-state index >= 15 is 0 Å². The molecule has 0 aromatic heterocycles. The molecule has 0 spiro atoms. The highest BCUT2D eigenvalue weighted by molar-refractivity contribution is 5.78. The molecule has 1 atom stereocenters. The van der Waals surface area contributed by atoms with Crippen LogP contribution < -0.4 is 4.74 Å². The molecule has 1 N–H and O–H groups in total. The Morgan fingerprint density at radius 2 is 2.35 bits per heavy atom. The summed E-state index contributed by atoms with van der Waals surface area (Å²) in [6, 6.07) is 7.80. The fraction of sp³-hybridized carbons (Fsp3) is 0.462. The number of nitrogens with zero attached hydrogens (tertiary/aromatic N) is 1. The van der Waals surface area contributed by atoms with E-state index in [4.69, 9.17) is 4.74 Å². The first-order valence-electron chi connectivity index (χ1n) is 5.80. The number of hydrogen-bond acceptors (Lipinski definition) is 3. The number of aryl methyl sites for hydroxylation is 1. The number of carbonyl (C=O) groups is 1. The number of benzene rings is 1. The van der Waals surface area contributed by atoms with Crippen molar-refractivity contribution in [3.63, 3.8) is 0 Å². The van der Waals surface area contributed by atoms with Crippen molar-refractivity contribution in [1.82, 2.24) is 4.90 Å². The van der Waals surface area contributed by atoms with Crippen LogP contribution in [0.2, 0.25) is 0 Å². The Morgan fingerprint density at radius 3 is 3.00 bits per heavy atom. The van der Waals surface area contributed by atoms with Crippen molar-refractivity contribution in [2.75, 3.05) is 19.7 Å². The molecule has 1 unspecified atom stereocenters. The Morgan fingerprint density at radius 1 is 1.53 bits per heavy atom. The SMILES string of the molecule is Cc1cccc(OCCN2CC(O)CC2=O)c1. The average molecular weight is 235 g/mol. The van der Waals surface area contributed by atoms with Gasteiger partial charge in [-0.25, -0.2) is 0 Å². The van der Waals surface area contributed by atoms with Gasteiger partial charge in [-0.05, 0) is 24.6 Å². The zero-order valence-corrected chi connectivity index (χ0v) is 9.93. The molecule has 1 heterocycles. The maximum Gasteiger partial charge on any atom is 0.225 e. The van der Waals surface area contributed by atoms with Crippen LogP contribution in [0.5, 0.6) is 5.75 Å². The summed E-state index contributed by atoms with van der Waals surface area (Å²) in [5.74, 6) is 0.822. The number of hydrogen-bond donors (Lipinski definition) is 1. The van der Waals surface area contributed by atoms with Crippen LogP contribution in [0.25, 0.3) is 0 Å². The number of β-amino-alcohol motifs (C(OH)–C–C–N with tert-alkyl or cyclic N) is 1. The van der Waals surface area contributed by atoms with E-state index in [-0.39, 0.29) is 12.3 Å². The van der Waals surface area contributed by atoms with Gasteiger partial charge in [0.15, 0.2) is 0 Å². The molecule has 17 heavy (non-hydrogen) atoms. The van der Waals surface area contributed by atoms with E-state index in [1.54, 1.807) is 4.90 Å². The third-order valence-electron chi connectivity index (χ3n) is 2.81. The van der Waals surface area contributed by atoms with Gasteiger partial charge in [-0.15, -0.1) is 0 Å². The largest absolute Gasteiger partial charge is 0.492 e. The van der Waals surface area contributed by atoms with Gasteiger partial charge in [-0.1, -0.05) is 12.1 Å². The first-order valence-corrected chi connectivity index (χ1v) is 5.80. The fourth-order valence-corrected chi connectivity index (χ4v) is 1.95. The predicted octanol–water partition coefficient (Wildman–Crippen LogP) is 0.967. The number of rotatable bonds is 4. The average Bonchev–Trinajstić information content (AvgIpc) is 2.58. The van der Waals surface area contributed by atoms with E-state index in [1.165, 1.54) is 0 Å². The third kappa shape index (κ3) is 3.20. The van der Waals surface area contributed by atoms with E-state index < -0.39 is 6.10 Å². The van der Waals surface area contributed by atoms with Crippen molar-refractivity contribution >= 4 is 5.91 Å². The van der Waals surface area contributed by atoms with Crippen LogP contribution in [0.15, 0.2) is 24.3 Å². The van der Waals surface area contributed by atoms with Gasteiger partial charge >= 0.3 is 0 Å². The second kappa shape index (κ2) is 5.19. The quantitative estimate of drug-likeness (QED) is 0.846. The first-order chi connectivity index (χ1) is 8.15. The van der Waals surface area contributed by atoms with E-state index in [0.29, 0.717) is 19.7 Å². The molecular formula is C13H17NO3. The van der Waals surface area contributed by atoms with Crippen LogP contribution in [0, 0.1) is 6.92 Å². The standard InChI is InChI=1S/C13H17NO3/c1-10-3-2-4-12(7-10)17-6-5-14-9-11(15)8-13(14)16/h2-4,7,11,15H,5-6,8-9H2,1H3. The topological polar surface area (TPSA) is 49.8 Å². The van der Waals surface area contributed by atoms with E-state index in [2.05, 4.69) is 0 Å². The summed E-state index contributed by atoms with van der Waals surface area (Å²) in [6.45, 7) is 3.43. The van der Waals surface area contributed by atoms with Gasteiger partial charge < -0.3 is 14.7 Å². The number of carbonyl (C=O) groups excluding carboxylic acids is 1. The summed E-state index contributed by atoms with van der Waals surface area (Å²) in [5.41, 5.74) is 1.15. The highest BCUT2D eigenvalue weighted by Crippen LogP contribution is 2.13. The lowest BCUT2D eigenvalue weighted by Crippen LogP contribution is -2.30. The summed E-state index contributed by atoms with van der Waals surface area (Å²) in [7, 11) is 0. The number of aliphatic hydroxyl groups is 1. The van der Waals surface area contributed by atoms with Gasteiger partial charge in [-0.2, -0.15) is 0 Å². The molecule has 1 aromatic carbocycles. The van der Waals surface area contributed by atoms with Gasteiger partial charge in [-0.3, -0.25) is 4.79 Å². The van der Waals surface area contributed by atoms with Crippen molar-refractivity contribution in [1.29, 1.82) is 0 Å². The molecule has 1 aliphatic rings. The summed E-state index contributed by atoms with van der Waals surface area (Å²) in [4.78, 5) is 13.0. The fourth-order valence-electron chi connectivity index (χ4n) is 1.95. The number of amides is 1. The zero-order chi connectivity index (χ0) is 12.3. The zero-order valence-electron chi connectivity index (χ0n) is 9.93. The van der Waals surface area contributed by atoms with E-state index in [9.17, 15) is 9.90 Å². The van der Waals surface area contributed by atoms with Crippen LogP contribution in [-0.2, 0) is 4.79 Å². The maximum absolute atomic E-state index is 11.4. The normalized spacial score (nSPS) is 19.8. The summed E-state index contributed by atoms with van der Waals surface area (Å²) in [6.07, 6.45) is -0.272. The minimum absolute atomic E-state index is 0.00495. The van der Waals surface area contributed by atoms with E-state index in [0.717, 1.165) is 11.3 Å². The van der Waals surface area contributed by atoms with Crippen molar-refractivity contribution in [3.8, 4) is 5.75 Å². The van der Waals surface area contributed by atoms with Crippen LogP contribution >= 0.6 is 0 Å². The highest BCUT2D eigenvalue weighted by atomic mass is 16.5. The molecule has 1 aromatic rings. The highest BCUT2D eigenvalue weighted by Gasteiger charge is 2.27. The number of likely N-dealkylation sites (tertiary alicyclic amines) is 1. The molecule has 1 amide bonds. The minimum atomic E-state index is -0.513. The van der Waals surface area contributed by atoms with Crippen molar-refractivity contribution in [2.45, 2.75) is 19.4 Å². The van der Waals surface area contributed by atoms with Crippen LogP contribution in [0.3, 0.4) is 0 Å². The summed E-state index contributed by atoms with van der Waals surface area (Å²) in [5, 5.41) is 9.32. The van der Waals surface area contributed by atoms with Crippen molar-refractivity contribution in [3.05, 3.63) is 29.8 Å². The Kier molecular flexibility index (Phi) is 3.64.